The molecular formula is C24H46P2. The first-order valence-corrected chi connectivity index (χ1v) is 14.7. The lowest BCUT2D eigenvalue weighted by molar-refractivity contribution is 0.696. The van der Waals surface area contributed by atoms with Crippen LogP contribution in [0.4, 0.5) is 0 Å². The first kappa shape index (κ1) is 22.9. The highest BCUT2D eigenvalue weighted by Gasteiger charge is 2.43. The minimum Gasteiger partial charge on any atom is -0.0728 e. The molecule has 0 saturated carbocycles. The van der Waals surface area contributed by atoms with Crippen molar-refractivity contribution in [3.63, 3.8) is 0 Å². The van der Waals surface area contributed by atoms with E-state index in [2.05, 4.69) is 55.4 Å². The maximum atomic E-state index is 2.53. The predicted molar refractivity (Wildman–Crippen MR) is 125 cm³/mol. The molecule has 0 bridgehead atoms. The summed E-state index contributed by atoms with van der Waals surface area (Å²) in [7, 11) is 0.169. The molecule has 0 aromatic carbocycles. The average molecular weight is 397 g/mol. The normalized spacial score (nSPS) is 32.1. The molecule has 2 aliphatic heterocycles. The number of hydrogen-bond donors (Lipinski definition) is 0. The third-order valence-corrected chi connectivity index (χ3v) is 15.5. The lowest BCUT2D eigenvalue weighted by atomic mass is 10.1. The van der Waals surface area contributed by atoms with Gasteiger partial charge in [0.15, 0.2) is 0 Å². The van der Waals surface area contributed by atoms with Crippen molar-refractivity contribution >= 4 is 15.8 Å². The van der Waals surface area contributed by atoms with Gasteiger partial charge in [-0.15, -0.1) is 0 Å². The molecule has 2 saturated heterocycles. The molecule has 0 aromatic rings. The smallest absolute Gasteiger partial charge is 0.0172 e. The third kappa shape index (κ3) is 4.60. The molecule has 26 heavy (non-hydrogen) atoms. The van der Waals surface area contributed by atoms with Gasteiger partial charge in [0.1, 0.15) is 0 Å². The Kier molecular flexibility index (Phi) is 9.15. The van der Waals surface area contributed by atoms with Gasteiger partial charge in [-0.3, -0.25) is 0 Å². The maximum absolute atomic E-state index is 2.53. The van der Waals surface area contributed by atoms with Crippen LogP contribution in [-0.4, -0.2) is 22.6 Å². The van der Waals surface area contributed by atoms with Crippen molar-refractivity contribution < 1.29 is 0 Å². The molecule has 0 aliphatic carbocycles. The zero-order valence-electron chi connectivity index (χ0n) is 19.0. The van der Waals surface area contributed by atoms with Gasteiger partial charge in [0, 0.05) is 0 Å². The Hall–Kier alpha value is 0.600. The molecule has 2 rings (SSSR count). The molecule has 2 fully saturated rings. The first-order valence-electron chi connectivity index (χ1n) is 11.7. The Balaban J connectivity index is 2.60. The van der Waals surface area contributed by atoms with Gasteiger partial charge in [-0.2, -0.15) is 0 Å². The fourth-order valence-electron chi connectivity index (χ4n) is 5.76. The van der Waals surface area contributed by atoms with Crippen molar-refractivity contribution in [1.82, 2.24) is 0 Å². The predicted octanol–water partition coefficient (Wildman–Crippen LogP) is 9.18. The van der Waals surface area contributed by atoms with Crippen molar-refractivity contribution in [3.05, 3.63) is 10.6 Å². The van der Waals surface area contributed by atoms with E-state index in [0.717, 1.165) is 34.5 Å². The lowest BCUT2D eigenvalue weighted by Crippen LogP contribution is -2.15. The zero-order chi connectivity index (χ0) is 19.4. The summed E-state index contributed by atoms with van der Waals surface area (Å²) in [6.07, 6.45) is 11.7. The van der Waals surface area contributed by atoms with E-state index >= 15 is 0 Å². The van der Waals surface area contributed by atoms with Crippen LogP contribution in [0.15, 0.2) is 10.6 Å². The lowest BCUT2D eigenvalue weighted by Gasteiger charge is -2.39. The van der Waals surface area contributed by atoms with Gasteiger partial charge in [0.2, 0.25) is 0 Å². The largest absolute Gasteiger partial charge is 0.0728 e. The number of hydrogen-bond acceptors (Lipinski definition) is 0. The molecule has 0 spiro atoms. The van der Waals surface area contributed by atoms with Gasteiger partial charge >= 0.3 is 0 Å². The summed E-state index contributed by atoms with van der Waals surface area (Å²) in [6.45, 7) is 20.0. The van der Waals surface area contributed by atoms with Crippen LogP contribution in [0.1, 0.15) is 107 Å². The molecule has 2 aliphatic rings. The molecule has 152 valence electrons. The second kappa shape index (κ2) is 10.4. The van der Waals surface area contributed by atoms with Crippen molar-refractivity contribution in [2.75, 3.05) is 0 Å². The van der Waals surface area contributed by atoms with Crippen LogP contribution in [0.5, 0.6) is 0 Å². The molecule has 0 N–H and O–H groups in total. The van der Waals surface area contributed by atoms with Crippen molar-refractivity contribution in [2.24, 2.45) is 11.8 Å². The van der Waals surface area contributed by atoms with E-state index in [1.54, 1.807) is 0 Å². The molecule has 0 radical (unpaired) electrons. The third-order valence-electron chi connectivity index (χ3n) is 7.04. The summed E-state index contributed by atoms with van der Waals surface area (Å²) >= 11 is 0. The van der Waals surface area contributed by atoms with Crippen LogP contribution in [0.25, 0.3) is 0 Å². The van der Waals surface area contributed by atoms with Gasteiger partial charge in [-0.25, -0.2) is 0 Å². The minimum absolute atomic E-state index is 0.0847. The molecule has 0 nitrogen and oxygen atoms in total. The second-order valence-corrected chi connectivity index (χ2v) is 14.8. The van der Waals surface area contributed by atoms with E-state index in [0.29, 0.717) is 0 Å². The summed E-state index contributed by atoms with van der Waals surface area (Å²) in [5.74, 6) is 1.52. The Bertz CT molecular complexity index is 399. The average Bonchev–Trinajstić information content (AvgIpc) is 3.21. The minimum atomic E-state index is 0.0847. The Morgan fingerprint density at radius 1 is 0.577 bits per heavy atom. The highest BCUT2D eigenvalue weighted by molar-refractivity contribution is 7.68. The van der Waals surface area contributed by atoms with Gasteiger partial charge in [-0.1, -0.05) is 71.2 Å². The zero-order valence-corrected chi connectivity index (χ0v) is 20.8. The SMILES string of the molecule is CC[C@@H]1CC[C@@H](CC)P1C(=C(C(C)C)P1[C@H](CC)CC[C@H]1CC)C(C)C. The Labute approximate surface area is 167 Å². The molecule has 0 aromatic heterocycles. The number of allylic oxidation sites excluding steroid dienone is 2. The topological polar surface area (TPSA) is 0 Å². The van der Waals surface area contributed by atoms with Crippen LogP contribution in [0, 0.1) is 11.8 Å². The quantitative estimate of drug-likeness (QED) is 0.359. The van der Waals surface area contributed by atoms with E-state index in [-0.39, 0.29) is 15.8 Å². The van der Waals surface area contributed by atoms with E-state index in [1.807, 2.05) is 10.6 Å². The summed E-state index contributed by atoms with van der Waals surface area (Å²) in [6, 6.07) is 0. The van der Waals surface area contributed by atoms with Gasteiger partial charge < -0.3 is 0 Å². The summed E-state index contributed by atoms with van der Waals surface area (Å²) in [5.41, 5.74) is 4.05. The van der Waals surface area contributed by atoms with Crippen LogP contribution >= 0.6 is 15.8 Å². The van der Waals surface area contributed by atoms with E-state index in [9.17, 15) is 0 Å². The summed E-state index contributed by atoms with van der Waals surface area (Å²) in [4.78, 5) is 0. The molecule has 2 heterocycles. The molecule has 2 heteroatoms. The Morgan fingerprint density at radius 3 is 0.962 bits per heavy atom. The fraction of sp³-hybridized carbons (Fsp3) is 0.917. The van der Waals surface area contributed by atoms with Gasteiger partial charge in [0.25, 0.3) is 0 Å². The second-order valence-electron chi connectivity index (χ2n) is 9.30. The summed E-state index contributed by atoms with van der Waals surface area (Å²) < 4.78 is 0. The van der Waals surface area contributed by atoms with Crippen molar-refractivity contribution in [2.45, 2.75) is 129 Å². The number of rotatable bonds is 8. The molecule has 4 atom stereocenters. The van der Waals surface area contributed by atoms with E-state index < -0.39 is 0 Å². The first-order chi connectivity index (χ1) is 12.4. The fourth-order valence-corrected chi connectivity index (χ4v) is 14.7. The molecular weight excluding hydrogens is 350 g/mol. The van der Waals surface area contributed by atoms with Crippen molar-refractivity contribution in [1.29, 1.82) is 0 Å². The van der Waals surface area contributed by atoms with Crippen LogP contribution in [0.3, 0.4) is 0 Å². The van der Waals surface area contributed by atoms with E-state index in [1.165, 1.54) is 51.4 Å². The highest BCUT2D eigenvalue weighted by Crippen LogP contribution is 2.73. The summed E-state index contributed by atoms with van der Waals surface area (Å²) in [5, 5.41) is 4.05. The van der Waals surface area contributed by atoms with Crippen molar-refractivity contribution in [3.8, 4) is 0 Å². The standard InChI is InChI=1S/C24H46P2/c1-9-19-13-14-20(10-2)25(19)23(17(5)6)24(18(7)8)26-21(11-3)15-16-22(26)12-4/h17-22H,9-16H2,1-8H3/t19-,20-,21-,22-/m1/s1. The van der Waals surface area contributed by atoms with Crippen LogP contribution < -0.4 is 0 Å². The van der Waals surface area contributed by atoms with Gasteiger partial charge in [0.05, 0.1) is 0 Å². The monoisotopic (exact) mass is 396 g/mol. The Morgan fingerprint density at radius 2 is 0.808 bits per heavy atom. The van der Waals surface area contributed by atoms with Crippen LogP contribution in [-0.2, 0) is 0 Å². The maximum Gasteiger partial charge on any atom is -0.0172 e. The van der Waals surface area contributed by atoms with Gasteiger partial charge in [-0.05, 0) is 96.5 Å². The molecule has 0 amide bonds. The van der Waals surface area contributed by atoms with E-state index in [4.69, 9.17) is 0 Å². The molecule has 0 unspecified atom stereocenters. The highest BCUT2D eigenvalue weighted by atomic mass is 31.1. The van der Waals surface area contributed by atoms with Crippen LogP contribution in [0.2, 0.25) is 0 Å².